The summed E-state index contributed by atoms with van der Waals surface area (Å²) in [6, 6.07) is 2.39. The molecular formula is C22H31FN4O4. The van der Waals surface area contributed by atoms with Crippen molar-refractivity contribution < 1.29 is 18.8 Å². The standard InChI is InChI=1S/C22H31FN4O4/c1-31-21-12-18(19(23)13-20(21)27(29)30)22(28)24-16-4-6-17(7-5-16)26-10-8-25(9-11-26)14-15-2-3-15/h12-13,15-17H,2-11,14H2,1H3,(H,24,28)/t16-,17-. The molecule has 8 nitrogen and oxygen atoms in total. The summed E-state index contributed by atoms with van der Waals surface area (Å²) in [5.41, 5.74) is -0.717. The normalized spacial score (nSPS) is 25.2. The number of hydrogen-bond acceptors (Lipinski definition) is 6. The van der Waals surface area contributed by atoms with Gasteiger partial charge in [0, 0.05) is 50.9 Å². The molecule has 1 amide bonds. The summed E-state index contributed by atoms with van der Waals surface area (Å²) >= 11 is 0. The van der Waals surface area contributed by atoms with Crippen molar-refractivity contribution >= 4 is 11.6 Å². The fraction of sp³-hybridized carbons (Fsp3) is 0.682. The van der Waals surface area contributed by atoms with Gasteiger partial charge in [0.25, 0.3) is 5.91 Å². The number of rotatable bonds is 7. The maximum absolute atomic E-state index is 14.3. The summed E-state index contributed by atoms with van der Waals surface area (Å²) in [5.74, 6) is -0.655. The number of piperazine rings is 1. The Bertz CT molecular complexity index is 816. The number of carbonyl (C=O) groups excluding carboxylic acids is 1. The number of methoxy groups -OCH3 is 1. The molecule has 0 bridgehead atoms. The van der Waals surface area contributed by atoms with Crippen LogP contribution in [0.1, 0.15) is 48.9 Å². The highest BCUT2D eigenvalue weighted by Crippen LogP contribution is 2.32. The molecular weight excluding hydrogens is 403 g/mol. The van der Waals surface area contributed by atoms with E-state index in [9.17, 15) is 19.3 Å². The number of hydrogen-bond donors (Lipinski definition) is 1. The number of carbonyl (C=O) groups is 1. The Kier molecular flexibility index (Phi) is 6.71. The van der Waals surface area contributed by atoms with E-state index in [2.05, 4.69) is 15.1 Å². The first-order valence-corrected chi connectivity index (χ1v) is 11.2. The Hall–Kier alpha value is -2.26. The van der Waals surface area contributed by atoms with Gasteiger partial charge in [-0.15, -0.1) is 0 Å². The second-order valence-electron chi connectivity index (χ2n) is 9.02. The van der Waals surface area contributed by atoms with Crippen LogP contribution in [0.5, 0.6) is 5.75 Å². The van der Waals surface area contributed by atoms with Crippen LogP contribution in [0.3, 0.4) is 0 Å². The molecule has 1 aromatic carbocycles. The zero-order valence-electron chi connectivity index (χ0n) is 18.0. The van der Waals surface area contributed by atoms with E-state index in [0.29, 0.717) is 6.04 Å². The highest BCUT2D eigenvalue weighted by Gasteiger charge is 2.31. The largest absolute Gasteiger partial charge is 0.490 e. The van der Waals surface area contributed by atoms with Crippen molar-refractivity contribution in [3.63, 3.8) is 0 Å². The van der Waals surface area contributed by atoms with E-state index in [-0.39, 0.29) is 17.4 Å². The van der Waals surface area contributed by atoms with E-state index >= 15 is 0 Å². The Morgan fingerprint density at radius 2 is 1.84 bits per heavy atom. The highest BCUT2D eigenvalue weighted by atomic mass is 19.1. The fourth-order valence-electron chi connectivity index (χ4n) is 4.85. The molecule has 1 saturated heterocycles. The summed E-state index contributed by atoms with van der Waals surface area (Å²) in [6.07, 6.45) is 6.52. The van der Waals surface area contributed by atoms with Crippen LogP contribution >= 0.6 is 0 Å². The minimum atomic E-state index is -0.914. The zero-order valence-corrected chi connectivity index (χ0v) is 18.0. The number of nitro benzene ring substituents is 1. The number of nitro groups is 1. The van der Waals surface area contributed by atoms with E-state index < -0.39 is 22.3 Å². The van der Waals surface area contributed by atoms with Crippen LogP contribution in [0.4, 0.5) is 10.1 Å². The van der Waals surface area contributed by atoms with Crippen LogP contribution < -0.4 is 10.1 Å². The molecule has 1 N–H and O–H groups in total. The molecule has 0 aromatic heterocycles. The lowest BCUT2D eigenvalue weighted by atomic mass is 9.89. The molecule has 0 unspecified atom stereocenters. The van der Waals surface area contributed by atoms with Crippen LogP contribution in [0, 0.1) is 21.8 Å². The van der Waals surface area contributed by atoms with Crippen LogP contribution in [0.25, 0.3) is 0 Å². The van der Waals surface area contributed by atoms with E-state index in [0.717, 1.165) is 69.9 Å². The number of ether oxygens (including phenoxy) is 1. The molecule has 4 rings (SSSR count). The molecule has 31 heavy (non-hydrogen) atoms. The van der Waals surface area contributed by atoms with Gasteiger partial charge in [-0.2, -0.15) is 0 Å². The van der Waals surface area contributed by atoms with E-state index in [1.165, 1.54) is 26.5 Å². The maximum Gasteiger partial charge on any atom is 0.313 e. The van der Waals surface area contributed by atoms with E-state index in [4.69, 9.17) is 4.74 Å². The van der Waals surface area contributed by atoms with Crippen molar-refractivity contribution in [2.75, 3.05) is 39.8 Å². The fourth-order valence-corrected chi connectivity index (χ4v) is 4.85. The minimum Gasteiger partial charge on any atom is -0.490 e. The third-order valence-corrected chi connectivity index (χ3v) is 6.88. The van der Waals surface area contributed by atoms with E-state index in [1.807, 2.05) is 0 Å². The molecule has 0 spiro atoms. The van der Waals surface area contributed by atoms with Crippen molar-refractivity contribution in [3.05, 3.63) is 33.6 Å². The van der Waals surface area contributed by atoms with Gasteiger partial charge < -0.3 is 15.0 Å². The topological polar surface area (TPSA) is 88.0 Å². The third kappa shape index (κ3) is 5.33. The minimum absolute atomic E-state index is 0.0134. The lowest BCUT2D eigenvalue weighted by Gasteiger charge is -2.42. The molecule has 0 atom stereocenters. The van der Waals surface area contributed by atoms with Gasteiger partial charge >= 0.3 is 5.69 Å². The Labute approximate surface area is 181 Å². The van der Waals surface area contributed by atoms with Gasteiger partial charge in [-0.3, -0.25) is 19.8 Å². The van der Waals surface area contributed by atoms with E-state index in [1.54, 1.807) is 0 Å². The molecule has 2 aliphatic carbocycles. The summed E-state index contributed by atoms with van der Waals surface area (Å²) in [4.78, 5) is 28.1. The monoisotopic (exact) mass is 434 g/mol. The van der Waals surface area contributed by atoms with Crippen molar-refractivity contribution in [2.24, 2.45) is 5.92 Å². The molecule has 1 aromatic rings. The van der Waals surface area contributed by atoms with Gasteiger partial charge in [0.2, 0.25) is 0 Å². The first kappa shape index (κ1) is 22.0. The number of amides is 1. The number of nitrogens with zero attached hydrogens (tertiary/aromatic N) is 3. The average molecular weight is 435 g/mol. The molecule has 1 heterocycles. The van der Waals surface area contributed by atoms with Gasteiger partial charge in [-0.25, -0.2) is 4.39 Å². The van der Waals surface area contributed by atoms with Gasteiger partial charge in [-0.05, 0) is 44.4 Å². The average Bonchev–Trinajstić information content (AvgIpc) is 3.58. The Balaban J connectivity index is 1.27. The first-order chi connectivity index (χ1) is 14.9. The Morgan fingerprint density at radius 1 is 1.16 bits per heavy atom. The van der Waals surface area contributed by atoms with Crippen molar-refractivity contribution in [1.82, 2.24) is 15.1 Å². The van der Waals surface area contributed by atoms with Crippen LogP contribution in [-0.4, -0.2) is 72.5 Å². The molecule has 0 radical (unpaired) electrons. The smallest absolute Gasteiger partial charge is 0.313 e. The molecule has 1 aliphatic heterocycles. The lowest BCUT2D eigenvalue weighted by Crippen LogP contribution is -2.52. The van der Waals surface area contributed by atoms with Gasteiger partial charge in [0.05, 0.1) is 23.7 Å². The predicted molar refractivity (Wildman–Crippen MR) is 114 cm³/mol. The molecule has 3 fully saturated rings. The van der Waals surface area contributed by atoms with Gasteiger partial charge in [0.15, 0.2) is 5.75 Å². The number of halogens is 1. The predicted octanol–water partition coefficient (Wildman–Crippen LogP) is 2.81. The lowest BCUT2D eigenvalue weighted by molar-refractivity contribution is -0.385. The molecule has 2 saturated carbocycles. The second-order valence-corrected chi connectivity index (χ2v) is 9.02. The molecule has 9 heteroatoms. The SMILES string of the molecule is COc1cc(C(=O)N[C@H]2CC[C@H](N3CCN(CC4CC4)CC3)CC2)c(F)cc1[N+](=O)[O-]. The Morgan fingerprint density at radius 3 is 2.42 bits per heavy atom. The first-order valence-electron chi connectivity index (χ1n) is 11.2. The summed E-state index contributed by atoms with van der Waals surface area (Å²) in [6.45, 7) is 5.78. The van der Waals surface area contributed by atoms with Crippen molar-refractivity contribution in [2.45, 2.75) is 50.6 Å². The second kappa shape index (κ2) is 9.48. The van der Waals surface area contributed by atoms with Crippen LogP contribution in [0.15, 0.2) is 12.1 Å². The maximum atomic E-state index is 14.3. The van der Waals surface area contributed by atoms with Gasteiger partial charge in [0.1, 0.15) is 5.82 Å². The van der Waals surface area contributed by atoms with Gasteiger partial charge in [-0.1, -0.05) is 0 Å². The summed E-state index contributed by atoms with van der Waals surface area (Å²) in [7, 11) is 1.26. The van der Waals surface area contributed by atoms with Crippen molar-refractivity contribution in [1.29, 1.82) is 0 Å². The number of nitrogens with one attached hydrogen (secondary N) is 1. The number of benzene rings is 1. The van der Waals surface area contributed by atoms with Crippen LogP contribution in [0.2, 0.25) is 0 Å². The molecule has 3 aliphatic rings. The zero-order chi connectivity index (χ0) is 22.0. The quantitative estimate of drug-likeness (QED) is 0.525. The van der Waals surface area contributed by atoms with Crippen molar-refractivity contribution in [3.8, 4) is 5.75 Å². The third-order valence-electron chi connectivity index (χ3n) is 6.88. The highest BCUT2D eigenvalue weighted by molar-refractivity contribution is 5.95. The summed E-state index contributed by atoms with van der Waals surface area (Å²) in [5, 5.41) is 13.9. The molecule has 170 valence electrons. The van der Waals surface area contributed by atoms with Crippen LogP contribution in [-0.2, 0) is 0 Å². The summed E-state index contributed by atoms with van der Waals surface area (Å²) < 4.78 is 19.3.